The molecule has 0 bridgehead atoms. The Morgan fingerprint density at radius 1 is 1.33 bits per heavy atom. The summed E-state index contributed by atoms with van der Waals surface area (Å²) in [5.41, 5.74) is 1.13. The van der Waals surface area contributed by atoms with E-state index in [1.807, 2.05) is 24.3 Å². The molecule has 0 aromatic heterocycles. The Balaban J connectivity index is 2.65. The summed E-state index contributed by atoms with van der Waals surface area (Å²) in [7, 11) is 1.64. The molecule has 0 saturated heterocycles. The molecule has 0 amide bonds. The largest absolute Gasteiger partial charge is 0.497 e. The van der Waals surface area contributed by atoms with Crippen LogP contribution in [0.2, 0.25) is 0 Å². The summed E-state index contributed by atoms with van der Waals surface area (Å²) in [5.74, 6) is 0.851. The fourth-order valence-corrected chi connectivity index (χ4v) is 1.10. The highest BCUT2D eigenvalue weighted by Gasteiger charge is 1.98. The van der Waals surface area contributed by atoms with Gasteiger partial charge in [0.25, 0.3) is 0 Å². The smallest absolute Gasteiger partial charge is 0.118 e. The molecule has 2 heteroatoms. The van der Waals surface area contributed by atoms with Gasteiger partial charge in [-0.3, -0.25) is 0 Å². The van der Waals surface area contributed by atoms with Crippen molar-refractivity contribution in [1.82, 2.24) is 0 Å². The van der Waals surface area contributed by atoms with E-state index in [1.54, 1.807) is 14.0 Å². The molecule has 1 aromatic rings. The SMILES string of the molecule is COc1ccc(C[C@H](C)O)cc1. The minimum atomic E-state index is -0.279. The van der Waals surface area contributed by atoms with Crippen molar-refractivity contribution in [3.63, 3.8) is 0 Å². The fourth-order valence-electron chi connectivity index (χ4n) is 1.10. The molecule has 0 fully saturated rings. The number of rotatable bonds is 3. The summed E-state index contributed by atoms with van der Waals surface area (Å²) in [5, 5.41) is 9.10. The lowest BCUT2D eigenvalue weighted by Crippen LogP contribution is -2.03. The number of hydrogen-bond acceptors (Lipinski definition) is 2. The van der Waals surface area contributed by atoms with Crippen LogP contribution in [0.3, 0.4) is 0 Å². The third-order valence-electron chi connectivity index (χ3n) is 1.69. The molecular weight excluding hydrogens is 152 g/mol. The topological polar surface area (TPSA) is 29.5 Å². The average molecular weight is 166 g/mol. The summed E-state index contributed by atoms with van der Waals surface area (Å²) < 4.78 is 5.01. The molecule has 2 nitrogen and oxygen atoms in total. The van der Waals surface area contributed by atoms with Gasteiger partial charge in [0.15, 0.2) is 0 Å². The Hall–Kier alpha value is -1.02. The Morgan fingerprint density at radius 2 is 1.92 bits per heavy atom. The molecule has 0 radical (unpaired) electrons. The van der Waals surface area contributed by atoms with Crippen molar-refractivity contribution in [2.24, 2.45) is 0 Å². The van der Waals surface area contributed by atoms with Gasteiger partial charge < -0.3 is 9.84 Å². The zero-order valence-electron chi connectivity index (χ0n) is 7.45. The minimum absolute atomic E-state index is 0.279. The summed E-state index contributed by atoms with van der Waals surface area (Å²) in [6.45, 7) is 1.78. The van der Waals surface area contributed by atoms with Crippen LogP contribution in [0.5, 0.6) is 5.75 Å². The van der Waals surface area contributed by atoms with Crippen molar-refractivity contribution in [2.45, 2.75) is 19.4 Å². The first-order chi connectivity index (χ1) is 5.72. The Kier molecular flexibility index (Phi) is 3.11. The molecule has 66 valence electrons. The van der Waals surface area contributed by atoms with Crippen LogP contribution in [-0.2, 0) is 6.42 Å². The summed E-state index contributed by atoms with van der Waals surface area (Å²) in [4.78, 5) is 0. The van der Waals surface area contributed by atoms with E-state index in [0.29, 0.717) is 6.42 Å². The van der Waals surface area contributed by atoms with Crippen LogP contribution >= 0.6 is 0 Å². The monoisotopic (exact) mass is 166 g/mol. The van der Waals surface area contributed by atoms with E-state index < -0.39 is 0 Å². The van der Waals surface area contributed by atoms with Gasteiger partial charge in [-0.1, -0.05) is 12.1 Å². The number of benzene rings is 1. The van der Waals surface area contributed by atoms with Crippen LogP contribution in [0, 0.1) is 0 Å². The summed E-state index contributed by atoms with van der Waals surface area (Å²) in [6, 6.07) is 7.73. The lowest BCUT2D eigenvalue weighted by molar-refractivity contribution is 0.195. The van der Waals surface area contributed by atoms with Crippen molar-refractivity contribution in [1.29, 1.82) is 0 Å². The Labute approximate surface area is 72.8 Å². The maximum absolute atomic E-state index is 9.10. The lowest BCUT2D eigenvalue weighted by Gasteiger charge is -2.04. The third kappa shape index (κ3) is 2.55. The standard InChI is InChI=1S/C10H14O2/c1-8(11)7-9-3-5-10(12-2)6-4-9/h3-6,8,11H,7H2,1-2H3/t8-/m0/s1. The lowest BCUT2D eigenvalue weighted by atomic mass is 10.1. The molecule has 0 unspecified atom stereocenters. The molecule has 0 spiro atoms. The van der Waals surface area contributed by atoms with E-state index in [0.717, 1.165) is 11.3 Å². The van der Waals surface area contributed by atoms with Crippen LogP contribution in [0.1, 0.15) is 12.5 Å². The molecule has 0 heterocycles. The summed E-state index contributed by atoms with van der Waals surface area (Å²) in [6.07, 6.45) is 0.419. The van der Waals surface area contributed by atoms with Gasteiger partial charge in [-0.2, -0.15) is 0 Å². The predicted molar refractivity (Wildman–Crippen MR) is 48.4 cm³/mol. The first-order valence-electron chi connectivity index (χ1n) is 4.03. The molecule has 1 N–H and O–H groups in total. The van der Waals surface area contributed by atoms with Gasteiger partial charge in [-0.25, -0.2) is 0 Å². The van der Waals surface area contributed by atoms with Crippen LogP contribution in [0.15, 0.2) is 24.3 Å². The highest BCUT2D eigenvalue weighted by atomic mass is 16.5. The average Bonchev–Trinajstić information content (AvgIpc) is 2.05. The summed E-state index contributed by atoms with van der Waals surface area (Å²) >= 11 is 0. The van der Waals surface area contributed by atoms with Gasteiger partial charge in [0.05, 0.1) is 13.2 Å². The molecule has 1 rings (SSSR count). The van der Waals surface area contributed by atoms with Crippen LogP contribution in [-0.4, -0.2) is 18.3 Å². The predicted octanol–water partition coefficient (Wildman–Crippen LogP) is 1.62. The number of methoxy groups -OCH3 is 1. The van der Waals surface area contributed by atoms with Crippen molar-refractivity contribution in [3.05, 3.63) is 29.8 Å². The van der Waals surface area contributed by atoms with Crippen molar-refractivity contribution < 1.29 is 9.84 Å². The van der Waals surface area contributed by atoms with Crippen molar-refractivity contribution in [2.75, 3.05) is 7.11 Å². The van der Waals surface area contributed by atoms with Gasteiger partial charge in [0.2, 0.25) is 0 Å². The van der Waals surface area contributed by atoms with Crippen molar-refractivity contribution >= 4 is 0 Å². The number of hydrogen-bond donors (Lipinski definition) is 1. The van der Waals surface area contributed by atoms with E-state index in [1.165, 1.54) is 0 Å². The van der Waals surface area contributed by atoms with Gasteiger partial charge >= 0.3 is 0 Å². The number of aliphatic hydroxyl groups excluding tert-OH is 1. The molecule has 0 aliphatic heterocycles. The molecular formula is C10H14O2. The quantitative estimate of drug-likeness (QED) is 0.739. The van der Waals surface area contributed by atoms with E-state index in [2.05, 4.69) is 0 Å². The molecule has 0 saturated carbocycles. The highest BCUT2D eigenvalue weighted by molar-refractivity contribution is 5.27. The van der Waals surface area contributed by atoms with Gasteiger partial charge in [-0.15, -0.1) is 0 Å². The molecule has 1 atom stereocenters. The van der Waals surface area contributed by atoms with Gasteiger partial charge in [0, 0.05) is 0 Å². The van der Waals surface area contributed by atoms with Crippen LogP contribution in [0.25, 0.3) is 0 Å². The Morgan fingerprint density at radius 3 is 2.33 bits per heavy atom. The zero-order valence-corrected chi connectivity index (χ0v) is 7.45. The molecule has 0 aliphatic rings. The van der Waals surface area contributed by atoms with Gasteiger partial charge in [-0.05, 0) is 31.0 Å². The van der Waals surface area contributed by atoms with E-state index in [-0.39, 0.29) is 6.10 Å². The van der Waals surface area contributed by atoms with E-state index in [4.69, 9.17) is 9.84 Å². The highest BCUT2D eigenvalue weighted by Crippen LogP contribution is 2.12. The number of ether oxygens (including phenoxy) is 1. The van der Waals surface area contributed by atoms with Crippen molar-refractivity contribution in [3.8, 4) is 5.75 Å². The first-order valence-corrected chi connectivity index (χ1v) is 4.03. The van der Waals surface area contributed by atoms with Crippen LogP contribution in [0.4, 0.5) is 0 Å². The maximum Gasteiger partial charge on any atom is 0.118 e. The minimum Gasteiger partial charge on any atom is -0.497 e. The van der Waals surface area contributed by atoms with E-state index in [9.17, 15) is 0 Å². The third-order valence-corrected chi connectivity index (χ3v) is 1.69. The molecule has 12 heavy (non-hydrogen) atoms. The fraction of sp³-hybridized carbons (Fsp3) is 0.400. The Bertz CT molecular complexity index is 226. The second kappa shape index (κ2) is 4.12. The normalized spacial score (nSPS) is 12.6. The first kappa shape index (κ1) is 9.07. The zero-order chi connectivity index (χ0) is 8.97. The maximum atomic E-state index is 9.10. The van der Waals surface area contributed by atoms with E-state index >= 15 is 0 Å². The second-order valence-corrected chi connectivity index (χ2v) is 2.90. The van der Waals surface area contributed by atoms with Gasteiger partial charge in [0.1, 0.15) is 5.75 Å². The second-order valence-electron chi connectivity index (χ2n) is 2.90. The molecule has 0 aliphatic carbocycles. The molecule has 1 aromatic carbocycles. The van der Waals surface area contributed by atoms with Crippen LogP contribution < -0.4 is 4.74 Å². The number of aliphatic hydroxyl groups is 1.